The van der Waals surface area contributed by atoms with E-state index in [1.807, 2.05) is 29.2 Å². The van der Waals surface area contributed by atoms with Crippen LogP contribution in [-0.4, -0.2) is 37.1 Å². The smallest absolute Gasteiger partial charge is 0.174 e. The van der Waals surface area contributed by atoms with Crippen molar-refractivity contribution in [3.8, 4) is 0 Å². The SMILES string of the molecule is O=S1(=O)C[C@@H]2NC(=S)N(c3cccc(Br)c3)[C@H]2C1. The summed E-state index contributed by atoms with van der Waals surface area (Å²) in [4.78, 5) is 1.91. The molecule has 0 spiro atoms. The Labute approximate surface area is 119 Å². The Morgan fingerprint density at radius 1 is 1.39 bits per heavy atom. The summed E-state index contributed by atoms with van der Waals surface area (Å²) in [7, 11) is -2.96. The third-order valence-electron chi connectivity index (χ3n) is 3.27. The molecule has 1 aromatic rings. The molecule has 2 aliphatic heterocycles. The maximum absolute atomic E-state index is 11.7. The van der Waals surface area contributed by atoms with E-state index in [2.05, 4.69) is 21.2 Å². The molecule has 2 aliphatic rings. The summed E-state index contributed by atoms with van der Waals surface area (Å²) in [6, 6.07) is 7.56. The van der Waals surface area contributed by atoms with Crippen molar-refractivity contribution < 1.29 is 8.42 Å². The molecule has 1 N–H and O–H groups in total. The zero-order valence-electron chi connectivity index (χ0n) is 9.34. The number of thiocarbonyl (C=S) groups is 1. The van der Waals surface area contributed by atoms with Crippen LogP contribution in [0.1, 0.15) is 0 Å². The molecule has 96 valence electrons. The van der Waals surface area contributed by atoms with E-state index >= 15 is 0 Å². The van der Waals surface area contributed by atoms with E-state index in [0.717, 1.165) is 10.2 Å². The van der Waals surface area contributed by atoms with E-state index in [-0.39, 0.29) is 23.6 Å². The van der Waals surface area contributed by atoms with Crippen LogP contribution in [0.5, 0.6) is 0 Å². The van der Waals surface area contributed by atoms with Gasteiger partial charge in [-0.05, 0) is 30.4 Å². The van der Waals surface area contributed by atoms with Gasteiger partial charge in [0.2, 0.25) is 0 Å². The van der Waals surface area contributed by atoms with Gasteiger partial charge in [0.15, 0.2) is 14.9 Å². The summed E-state index contributed by atoms with van der Waals surface area (Å²) in [5.41, 5.74) is 0.923. The highest BCUT2D eigenvalue weighted by atomic mass is 79.9. The van der Waals surface area contributed by atoms with Crippen LogP contribution in [0.4, 0.5) is 5.69 Å². The van der Waals surface area contributed by atoms with Gasteiger partial charge in [-0.3, -0.25) is 0 Å². The van der Waals surface area contributed by atoms with Crippen molar-refractivity contribution in [2.75, 3.05) is 16.4 Å². The molecule has 3 rings (SSSR count). The molecule has 0 aliphatic carbocycles. The van der Waals surface area contributed by atoms with Crippen LogP contribution in [0, 0.1) is 0 Å². The maximum atomic E-state index is 11.7. The van der Waals surface area contributed by atoms with Crippen LogP contribution < -0.4 is 10.2 Å². The van der Waals surface area contributed by atoms with Crippen molar-refractivity contribution >= 4 is 48.8 Å². The van der Waals surface area contributed by atoms with Crippen molar-refractivity contribution in [3.63, 3.8) is 0 Å². The lowest BCUT2D eigenvalue weighted by Crippen LogP contribution is -2.36. The number of hydrogen-bond donors (Lipinski definition) is 1. The van der Waals surface area contributed by atoms with Gasteiger partial charge in [-0.2, -0.15) is 0 Å². The summed E-state index contributed by atoms with van der Waals surface area (Å²) in [6.07, 6.45) is 0. The molecule has 7 heteroatoms. The standard InChI is InChI=1S/C11H11BrN2O2S2/c12-7-2-1-3-8(4-7)14-10-6-18(15,16)5-9(10)13-11(14)17/h1-4,9-10H,5-6H2,(H,13,17)/t9-,10-/m0/s1. The van der Waals surface area contributed by atoms with Crippen LogP contribution in [0.15, 0.2) is 28.7 Å². The first-order valence-corrected chi connectivity index (χ1v) is 8.54. The Balaban J connectivity index is 1.99. The second kappa shape index (κ2) is 4.18. The predicted molar refractivity (Wildman–Crippen MR) is 78.6 cm³/mol. The van der Waals surface area contributed by atoms with E-state index in [1.54, 1.807) is 0 Å². The van der Waals surface area contributed by atoms with Crippen molar-refractivity contribution in [3.05, 3.63) is 28.7 Å². The lowest BCUT2D eigenvalue weighted by atomic mass is 10.1. The van der Waals surface area contributed by atoms with E-state index in [1.165, 1.54) is 0 Å². The quantitative estimate of drug-likeness (QED) is 0.777. The third kappa shape index (κ3) is 2.04. The van der Waals surface area contributed by atoms with E-state index in [4.69, 9.17) is 12.2 Å². The monoisotopic (exact) mass is 346 g/mol. The Morgan fingerprint density at radius 3 is 2.89 bits per heavy atom. The van der Waals surface area contributed by atoms with E-state index < -0.39 is 9.84 Å². The number of sulfone groups is 1. The van der Waals surface area contributed by atoms with Gasteiger partial charge >= 0.3 is 0 Å². The lowest BCUT2D eigenvalue weighted by molar-refractivity contribution is 0.600. The highest BCUT2D eigenvalue weighted by Crippen LogP contribution is 2.30. The van der Waals surface area contributed by atoms with E-state index in [9.17, 15) is 8.42 Å². The van der Waals surface area contributed by atoms with Gasteiger partial charge in [0.05, 0.1) is 23.6 Å². The fraction of sp³-hybridized carbons (Fsp3) is 0.364. The summed E-state index contributed by atoms with van der Waals surface area (Å²) >= 11 is 8.72. The Kier molecular flexibility index (Phi) is 2.87. The largest absolute Gasteiger partial charge is 0.356 e. The fourth-order valence-electron chi connectivity index (χ4n) is 2.53. The second-order valence-electron chi connectivity index (χ2n) is 4.55. The summed E-state index contributed by atoms with van der Waals surface area (Å²) < 4.78 is 24.3. The number of nitrogens with zero attached hydrogens (tertiary/aromatic N) is 1. The normalized spacial score (nSPS) is 29.2. The van der Waals surface area contributed by atoms with Gasteiger partial charge in [-0.25, -0.2) is 8.42 Å². The van der Waals surface area contributed by atoms with Gasteiger partial charge in [0.25, 0.3) is 0 Å². The first kappa shape index (κ1) is 12.4. The van der Waals surface area contributed by atoms with Crippen LogP contribution in [0.2, 0.25) is 0 Å². The maximum Gasteiger partial charge on any atom is 0.174 e. The van der Waals surface area contributed by atoms with Gasteiger partial charge in [0.1, 0.15) is 0 Å². The highest BCUT2D eigenvalue weighted by Gasteiger charge is 2.47. The molecule has 0 bridgehead atoms. The molecule has 2 heterocycles. The molecule has 0 amide bonds. The van der Waals surface area contributed by atoms with Crippen LogP contribution >= 0.6 is 28.1 Å². The summed E-state index contributed by atoms with van der Waals surface area (Å²) in [6.45, 7) is 0. The van der Waals surface area contributed by atoms with Gasteiger partial charge in [0, 0.05) is 10.2 Å². The number of halogens is 1. The van der Waals surface area contributed by atoms with Crippen molar-refractivity contribution in [2.45, 2.75) is 12.1 Å². The molecule has 18 heavy (non-hydrogen) atoms. The average molecular weight is 347 g/mol. The molecule has 4 nitrogen and oxygen atoms in total. The molecule has 0 radical (unpaired) electrons. The Hall–Kier alpha value is -0.660. The van der Waals surface area contributed by atoms with E-state index in [0.29, 0.717) is 5.11 Å². The first-order valence-electron chi connectivity index (χ1n) is 5.52. The topological polar surface area (TPSA) is 49.4 Å². The molecule has 1 aromatic carbocycles. The number of fused-ring (bicyclic) bond motifs is 1. The number of rotatable bonds is 1. The van der Waals surface area contributed by atoms with Gasteiger partial charge in [-0.1, -0.05) is 22.0 Å². The first-order chi connectivity index (χ1) is 8.46. The van der Waals surface area contributed by atoms with Crippen molar-refractivity contribution in [1.82, 2.24) is 5.32 Å². The van der Waals surface area contributed by atoms with Crippen LogP contribution in [0.25, 0.3) is 0 Å². The molecule has 2 fully saturated rings. The molecular weight excluding hydrogens is 336 g/mol. The van der Waals surface area contributed by atoms with Crippen LogP contribution in [-0.2, 0) is 9.84 Å². The summed E-state index contributed by atoms with van der Waals surface area (Å²) in [5, 5.41) is 3.71. The number of nitrogens with one attached hydrogen (secondary N) is 1. The minimum atomic E-state index is -2.96. The second-order valence-corrected chi connectivity index (χ2v) is 8.01. The van der Waals surface area contributed by atoms with Crippen molar-refractivity contribution in [2.24, 2.45) is 0 Å². The molecule has 0 unspecified atom stereocenters. The average Bonchev–Trinajstić information content (AvgIpc) is 2.68. The fourth-order valence-corrected chi connectivity index (χ4v) is 5.20. The number of hydrogen-bond acceptors (Lipinski definition) is 3. The molecule has 0 aromatic heterocycles. The minimum Gasteiger partial charge on any atom is -0.356 e. The lowest BCUT2D eigenvalue weighted by Gasteiger charge is -2.23. The molecule has 0 saturated carbocycles. The van der Waals surface area contributed by atoms with Crippen LogP contribution in [0.3, 0.4) is 0 Å². The van der Waals surface area contributed by atoms with Gasteiger partial charge in [-0.15, -0.1) is 0 Å². The van der Waals surface area contributed by atoms with Crippen molar-refractivity contribution in [1.29, 1.82) is 0 Å². The third-order valence-corrected chi connectivity index (χ3v) is 5.79. The minimum absolute atomic E-state index is 0.0820. The summed E-state index contributed by atoms with van der Waals surface area (Å²) in [5.74, 6) is 0.333. The zero-order valence-corrected chi connectivity index (χ0v) is 12.6. The molecule has 2 atom stereocenters. The number of anilines is 1. The molecular formula is C11H11BrN2O2S2. The predicted octanol–water partition coefficient (Wildman–Crippen LogP) is 1.31. The Morgan fingerprint density at radius 2 is 2.17 bits per heavy atom. The highest BCUT2D eigenvalue weighted by molar-refractivity contribution is 9.10. The van der Waals surface area contributed by atoms with Gasteiger partial charge < -0.3 is 10.2 Å². The Bertz CT molecular complexity index is 617. The molecule has 2 saturated heterocycles. The zero-order chi connectivity index (χ0) is 12.9. The number of benzene rings is 1.